The molecule has 2 rings (SSSR count). The molecule has 7 heteroatoms. The Balaban J connectivity index is 2.26. The van der Waals surface area contributed by atoms with Gasteiger partial charge in [-0.05, 0) is 37.3 Å². The van der Waals surface area contributed by atoms with E-state index in [0.29, 0.717) is 23.9 Å². The lowest BCUT2D eigenvalue weighted by molar-refractivity contribution is 0.338. The third-order valence-electron chi connectivity index (χ3n) is 2.53. The maximum absolute atomic E-state index is 11.2. The highest BCUT2D eigenvalue weighted by Gasteiger charge is 2.13. The molecule has 0 heterocycles. The molecule has 0 unspecified atom stereocenters. The van der Waals surface area contributed by atoms with Gasteiger partial charge in [-0.2, -0.15) is 0 Å². The molecule has 0 aliphatic rings. The van der Waals surface area contributed by atoms with Crippen LogP contribution in [-0.2, 0) is 9.05 Å². The number of benzene rings is 2. The molecule has 0 aromatic heterocycles. The smallest absolute Gasteiger partial charge is 0.261 e. The van der Waals surface area contributed by atoms with Crippen LogP contribution in [0.25, 0.3) is 0 Å². The Morgan fingerprint density at radius 1 is 1.10 bits per heavy atom. The number of hydrogen-bond donors (Lipinski definition) is 0. The van der Waals surface area contributed by atoms with Gasteiger partial charge in [0.2, 0.25) is 0 Å². The van der Waals surface area contributed by atoms with Gasteiger partial charge in [0, 0.05) is 16.7 Å². The van der Waals surface area contributed by atoms with E-state index in [-0.39, 0.29) is 9.92 Å². The van der Waals surface area contributed by atoms with Crippen molar-refractivity contribution in [1.29, 1.82) is 0 Å². The van der Waals surface area contributed by atoms with Gasteiger partial charge in [-0.25, -0.2) is 8.42 Å². The van der Waals surface area contributed by atoms with Gasteiger partial charge < -0.3 is 9.47 Å². The van der Waals surface area contributed by atoms with Crippen LogP contribution in [0.15, 0.2) is 47.4 Å². The number of rotatable bonds is 5. The van der Waals surface area contributed by atoms with Crippen molar-refractivity contribution in [2.45, 2.75) is 11.8 Å². The first-order chi connectivity index (χ1) is 9.90. The molecule has 0 atom stereocenters. The Kier molecular flexibility index (Phi) is 4.98. The van der Waals surface area contributed by atoms with Crippen molar-refractivity contribution < 1.29 is 17.9 Å². The Bertz CT molecular complexity index is 744. The van der Waals surface area contributed by atoms with Crippen LogP contribution in [0.3, 0.4) is 0 Å². The van der Waals surface area contributed by atoms with E-state index in [4.69, 9.17) is 31.8 Å². The highest BCUT2D eigenvalue weighted by Crippen LogP contribution is 2.33. The lowest BCUT2D eigenvalue weighted by Crippen LogP contribution is -1.93. The lowest BCUT2D eigenvalue weighted by Gasteiger charge is -2.10. The average Bonchev–Trinajstić information content (AvgIpc) is 2.41. The Morgan fingerprint density at radius 2 is 1.81 bits per heavy atom. The Hall–Kier alpha value is -1.43. The minimum Gasteiger partial charge on any atom is -0.494 e. The van der Waals surface area contributed by atoms with E-state index >= 15 is 0 Å². The van der Waals surface area contributed by atoms with E-state index in [0.717, 1.165) is 0 Å². The second kappa shape index (κ2) is 6.56. The summed E-state index contributed by atoms with van der Waals surface area (Å²) < 4.78 is 33.4. The maximum atomic E-state index is 11.2. The van der Waals surface area contributed by atoms with Gasteiger partial charge in [0.1, 0.15) is 17.2 Å². The van der Waals surface area contributed by atoms with Crippen LogP contribution in [0.4, 0.5) is 0 Å². The maximum Gasteiger partial charge on any atom is 0.261 e. The highest BCUT2D eigenvalue weighted by molar-refractivity contribution is 8.13. The minimum atomic E-state index is -3.82. The molecule has 0 aliphatic heterocycles. The fourth-order valence-corrected chi connectivity index (χ4v) is 2.70. The van der Waals surface area contributed by atoms with E-state index < -0.39 is 9.05 Å². The second-order valence-electron chi connectivity index (χ2n) is 4.04. The highest BCUT2D eigenvalue weighted by atomic mass is 35.7. The molecule has 0 spiro atoms. The molecule has 0 bridgehead atoms. The second-order valence-corrected chi connectivity index (χ2v) is 7.01. The van der Waals surface area contributed by atoms with Gasteiger partial charge in [-0.15, -0.1) is 0 Å². The summed E-state index contributed by atoms with van der Waals surface area (Å²) in [6.07, 6.45) is 0. The molecule has 0 fully saturated rings. The van der Waals surface area contributed by atoms with E-state index in [1.54, 1.807) is 24.3 Å². The molecule has 21 heavy (non-hydrogen) atoms. The predicted octanol–water partition coefficient (Wildman–Crippen LogP) is 4.46. The summed E-state index contributed by atoms with van der Waals surface area (Å²) in [7, 11) is 1.44. The van der Waals surface area contributed by atoms with Gasteiger partial charge in [0.05, 0.1) is 16.5 Å². The molecular weight excluding hydrogens is 335 g/mol. The van der Waals surface area contributed by atoms with Crippen LogP contribution >= 0.6 is 22.3 Å². The molecule has 2 aromatic rings. The van der Waals surface area contributed by atoms with Crippen molar-refractivity contribution in [1.82, 2.24) is 0 Å². The van der Waals surface area contributed by atoms with Crippen molar-refractivity contribution in [2.24, 2.45) is 0 Å². The summed E-state index contributed by atoms with van der Waals surface area (Å²) in [6, 6.07) is 11.1. The quantitative estimate of drug-likeness (QED) is 0.750. The standard InChI is InChI=1S/C14H12Cl2O4S/c1-2-19-10-4-3-5-11(8-10)20-14-7-6-12(9-13(14)15)21(16,17)18/h3-9H,2H2,1H3. The van der Waals surface area contributed by atoms with Crippen molar-refractivity contribution >= 4 is 31.3 Å². The summed E-state index contributed by atoms with van der Waals surface area (Å²) in [6.45, 7) is 2.43. The van der Waals surface area contributed by atoms with Crippen LogP contribution in [0.1, 0.15) is 6.92 Å². The van der Waals surface area contributed by atoms with Crippen LogP contribution in [0.2, 0.25) is 5.02 Å². The summed E-state index contributed by atoms with van der Waals surface area (Å²) in [5, 5.41) is 0.151. The monoisotopic (exact) mass is 346 g/mol. The molecule has 0 radical (unpaired) electrons. The first-order valence-corrected chi connectivity index (χ1v) is 8.74. The van der Waals surface area contributed by atoms with E-state index in [2.05, 4.69) is 0 Å². The van der Waals surface area contributed by atoms with Crippen molar-refractivity contribution in [2.75, 3.05) is 6.61 Å². The zero-order valence-electron chi connectivity index (χ0n) is 11.0. The number of halogens is 2. The molecule has 0 amide bonds. The fourth-order valence-electron chi connectivity index (χ4n) is 1.64. The van der Waals surface area contributed by atoms with Crippen molar-refractivity contribution in [3.8, 4) is 17.2 Å². The van der Waals surface area contributed by atoms with E-state index in [1.807, 2.05) is 6.92 Å². The summed E-state index contributed by atoms with van der Waals surface area (Å²) in [5.74, 6) is 1.53. The first-order valence-electron chi connectivity index (χ1n) is 6.05. The van der Waals surface area contributed by atoms with Crippen LogP contribution in [0.5, 0.6) is 17.2 Å². The SMILES string of the molecule is CCOc1cccc(Oc2ccc(S(=O)(=O)Cl)cc2Cl)c1. The average molecular weight is 347 g/mol. The molecule has 0 aliphatic carbocycles. The number of hydrogen-bond acceptors (Lipinski definition) is 4. The van der Waals surface area contributed by atoms with Gasteiger partial charge >= 0.3 is 0 Å². The van der Waals surface area contributed by atoms with Crippen molar-refractivity contribution in [3.05, 3.63) is 47.5 Å². The zero-order chi connectivity index (χ0) is 15.5. The van der Waals surface area contributed by atoms with Gasteiger partial charge in [0.25, 0.3) is 9.05 Å². The zero-order valence-corrected chi connectivity index (χ0v) is 13.4. The van der Waals surface area contributed by atoms with E-state index in [1.165, 1.54) is 18.2 Å². The molecule has 2 aromatic carbocycles. The van der Waals surface area contributed by atoms with Gasteiger partial charge in [-0.3, -0.25) is 0 Å². The normalized spacial score (nSPS) is 11.2. The third-order valence-corrected chi connectivity index (χ3v) is 4.18. The topological polar surface area (TPSA) is 52.6 Å². The number of ether oxygens (including phenoxy) is 2. The Morgan fingerprint density at radius 3 is 2.43 bits per heavy atom. The van der Waals surface area contributed by atoms with Gasteiger partial charge in [0.15, 0.2) is 0 Å². The molecular formula is C14H12Cl2O4S. The van der Waals surface area contributed by atoms with Crippen LogP contribution in [0, 0.1) is 0 Å². The molecule has 0 saturated heterocycles. The van der Waals surface area contributed by atoms with Crippen molar-refractivity contribution in [3.63, 3.8) is 0 Å². The largest absolute Gasteiger partial charge is 0.494 e. The molecule has 0 saturated carbocycles. The van der Waals surface area contributed by atoms with E-state index in [9.17, 15) is 8.42 Å². The lowest BCUT2D eigenvalue weighted by atomic mass is 10.3. The van der Waals surface area contributed by atoms with Crippen LogP contribution < -0.4 is 9.47 Å². The Labute approximate surface area is 132 Å². The summed E-state index contributed by atoms with van der Waals surface area (Å²) in [4.78, 5) is -0.0791. The fraction of sp³-hybridized carbons (Fsp3) is 0.143. The molecule has 112 valence electrons. The summed E-state index contributed by atoms with van der Waals surface area (Å²) in [5.41, 5.74) is 0. The first kappa shape index (κ1) is 15.9. The summed E-state index contributed by atoms with van der Waals surface area (Å²) >= 11 is 6.01. The predicted molar refractivity (Wildman–Crippen MR) is 82.2 cm³/mol. The molecule has 0 N–H and O–H groups in total. The van der Waals surface area contributed by atoms with Crippen LogP contribution in [-0.4, -0.2) is 15.0 Å². The minimum absolute atomic E-state index is 0.0791. The van der Waals surface area contributed by atoms with Gasteiger partial charge in [-0.1, -0.05) is 17.7 Å². The molecule has 4 nitrogen and oxygen atoms in total. The third kappa shape index (κ3) is 4.27.